The van der Waals surface area contributed by atoms with Gasteiger partial charge in [0.15, 0.2) is 0 Å². The van der Waals surface area contributed by atoms with Gasteiger partial charge in [0, 0.05) is 37.0 Å². The standard InChI is InChI=1S/C17H21N3O3S/c21-15(18-6-4-16(22)20-7-2-1-3-8-20)10-14-12-24-17(19-14)13-5-9-23-11-13/h5,9,11-12H,1-4,6-8,10H2,(H,18,21). The van der Waals surface area contributed by atoms with Crippen LogP contribution in [0.25, 0.3) is 10.6 Å². The van der Waals surface area contributed by atoms with Crippen LogP contribution >= 0.6 is 11.3 Å². The Morgan fingerprint density at radius 1 is 1.29 bits per heavy atom. The van der Waals surface area contributed by atoms with E-state index in [4.69, 9.17) is 4.42 Å². The minimum Gasteiger partial charge on any atom is -0.472 e. The molecule has 1 fully saturated rings. The summed E-state index contributed by atoms with van der Waals surface area (Å²) in [5, 5.41) is 5.52. The van der Waals surface area contributed by atoms with Crippen molar-refractivity contribution in [2.75, 3.05) is 19.6 Å². The molecule has 3 heterocycles. The minimum absolute atomic E-state index is 0.106. The molecule has 7 heteroatoms. The lowest BCUT2D eigenvalue weighted by Crippen LogP contribution is -2.38. The predicted octanol–water partition coefficient (Wildman–Crippen LogP) is 2.46. The largest absolute Gasteiger partial charge is 0.472 e. The number of rotatable bonds is 6. The predicted molar refractivity (Wildman–Crippen MR) is 91.6 cm³/mol. The second-order valence-electron chi connectivity index (χ2n) is 5.87. The van der Waals surface area contributed by atoms with Gasteiger partial charge in [-0.1, -0.05) is 0 Å². The summed E-state index contributed by atoms with van der Waals surface area (Å²) in [4.78, 5) is 30.3. The molecular formula is C17H21N3O3S. The molecule has 3 rings (SSSR count). The first-order valence-corrected chi connectivity index (χ1v) is 9.12. The fraction of sp³-hybridized carbons (Fsp3) is 0.471. The lowest BCUT2D eigenvalue weighted by Gasteiger charge is -2.26. The van der Waals surface area contributed by atoms with Crippen LogP contribution in [-0.4, -0.2) is 41.3 Å². The number of carbonyl (C=O) groups is 2. The molecule has 2 aromatic heterocycles. The zero-order valence-corrected chi connectivity index (χ0v) is 14.3. The van der Waals surface area contributed by atoms with Gasteiger partial charge in [-0.3, -0.25) is 9.59 Å². The van der Waals surface area contributed by atoms with Crippen LogP contribution in [-0.2, 0) is 16.0 Å². The number of carbonyl (C=O) groups excluding carboxylic acids is 2. The Balaban J connectivity index is 1.40. The third-order valence-corrected chi connectivity index (χ3v) is 4.97. The van der Waals surface area contributed by atoms with Gasteiger partial charge in [-0.2, -0.15) is 0 Å². The Kier molecular flexibility index (Phi) is 5.63. The van der Waals surface area contributed by atoms with E-state index in [-0.39, 0.29) is 18.2 Å². The van der Waals surface area contributed by atoms with E-state index in [9.17, 15) is 9.59 Å². The molecule has 0 bridgehead atoms. The molecule has 0 unspecified atom stereocenters. The number of nitrogens with zero attached hydrogens (tertiary/aromatic N) is 2. The van der Waals surface area contributed by atoms with E-state index >= 15 is 0 Å². The number of furan rings is 1. The summed E-state index contributed by atoms with van der Waals surface area (Å²) >= 11 is 1.48. The molecule has 0 saturated carbocycles. The van der Waals surface area contributed by atoms with E-state index in [0.717, 1.165) is 42.2 Å². The van der Waals surface area contributed by atoms with E-state index in [1.54, 1.807) is 12.5 Å². The van der Waals surface area contributed by atoms with E-state index in [2.05, 4.69) is 10.3 Å². The van der Waals surface area contributed by atoms with Gasteiger partial charge in [-0.15, -0.1) is 11.3 Å². The van der Waals surface area contributed by atoms with Gasteiger partial charge in [-0.05, 0) is 25.3 Å². The zero-order valence-electron chi connectivity index (χ0n) is 13.5. The number of hydrogen-bond acceptors (Lipinski definition) is 5. The normalized spacial score (nSPS) is 14.6. The SMILES string of the molecule is O=C(Cc1csc(-c2ccoc2)n1)NCCC(=O)N1CCCCC1. The number of nitrogens with one attached hydrogen (secondary N) is 1. The van der Waals surface area contributed by atoms with Crippen LogP contribution < -0.4 is 5.32 Å². The molecule has 2 aromatic rings. The summed E-state index contributed by atoms with van der Waals surface area (Å²) in [7, 11) is 0. The zero-order chi connectivity index (χ0) is 16.8. The first-order chi connectivity index (χ1) is 11.7. The second-order valence-corrected chi connectivity index (χ2v) is 6.73. The Hall–Kier alpha value is -2.15. The highest BCUT2D eigenvalue weighted by Crippen LogP contribution is 2.24. The van der Waals surface area contributed by atoms with Crippen molar-refractivity contribution >= 4 is 23.2 Å². The molecule has 128 valence electrons. The molecule has 2 amide bonds. The Bertz CT molecular complexity index is 675. The van der Waals surface area contributed by atoms with Crippen molar-refractivity contribution < 1.29 is 14.0 Å². The van der Waals surface area contributed by atoms with Crippen molar-refractivity contribution in [3.63, 3.8) is 0 Å². The second kappa shape index (κ2) is 8.10. The van der Waals surface area contributed by atoms with Crippen LogP contribution in [0.1, 0.15) is 31.4 Å². The lowest BCUT2D eigenvalue weighted by molar-refractivity contribution is -0.132. The molecular weight excluding hydrogens is 326 g/mol. The molecule has 0 atom stereocenters. The summed E-state index contributed by atoms with van der Waals surface area (Å²) in [5.41, 5.74) is 1.65. The highest BCUT2D eigenvalue weighted by molar-refractivity contribution is 7.13. The maximum absolute atomic E-state index is 12.0. The third kappa shape index (κ3) is 4.44. The fourth-order valence-electron chi connectivity index (χ4n) is 2.74. The molecule has 6 nitrogen and oxygen atoms in total. The monoisotopic (exact) mass is 347 g/mol. The van der Waals surface area contributed by atoms with Gasteiger partial charge in [0.1, 0.15) is 11.3 Å². The summed E-state index contributed by atoms with van der Waals surface area (Å²) in [5.74, 6) is 0.0244. The van der Waals surface area contributed by atoms with E-state index in [1.807, 2.05) is 16.3 Å². The van der Waals surface area contributed by atoms with Crippen LogP contribution in [0.3, 0.4) is 0 Å². The highest BCUT2D eigenvalue weighted by Gasteiger charge is 2.16. The van der Waals surface area contributed by atoms with Crippen LogP contribution in [0.2, 0.25) is 0 Å². The summed E-state index contributed by atoms with van der Waals surface area (Å²) in [6.45, 7) is 2.08. The molecule has 0 aliphatic carbocycles. The molecule has 24 heavy (non-hydrogen) atoms. The van der Waals surface area contributed by atoms with Crippen molar-refractivity contribution in [3.8, 4) is 10.6 Å². The van der Waals surface area contributed by atoms with Crippen molar-refractivity contribution in [1.29, 1.82) is 0 Å². The number of thiazole rings is 1. The van der Waals surface area contributed by atoms with Crippen molar-refractivity contribution in [2.45, 2.75) is 32.1 Å². The fourth-order valence-corrected chi connectivity index (χ4v) is 3.55. The van der Waals surface area contributed by atoms with Crippen molar-refractivity contribution in [1.82, 2.24) is 15.2 Å². The summed E-state index contributed by atoms with van der Waals surface area (Å²) in [6, 6.07) is 1.84. The Morgan fingerprint density at radius 2 is 2.12 bits per heavy atom. The minimum atomic E-state index is -0.106. The van der Waals surface area contributed by atoms with Gasteiger partial charge >= 0.3 is 0 Å². The van der Waals surface area contributed by atoms with Gasteiger partial charge in [0.2, 0.25) is 11.8 Å². The number of amides is 2. The Morgan fingerprint density at radius 3 is 2.88 bits per heavy atom. The number of likely N-dealkylation sites (tertiary alicyclic amines) is 1. The van der Waals surface area contributed by atoms with Crippen molar-refractivity contribution in [3.05, 3.63) is 29.7 Å². The Labute approximate surface area is 144 Å². The maximum Gasteiger partial charge on any atom is 0.226 e. The lowest BCUT2D eigenvalue weighted by atomic mass is 10.1. The molecule has 1 saturated heterocycles. The van der Waals surface area contributed by atoms with Crippen molar-refractivity contribution in [2.24, 2.45) is 0 Å². The maximum atomic E-state index is 12.0. The van der Waals surface area contributed by atoms with E-state index in [1.165, 1.54) is 17.8 Å². The van der Waals surface area contributed by atoms with Gasteiger partial charge < -0.3 is 14.6 Å². The van der Waals surface area contributed by atoms with Crippen LogP contribution in [0.15, 0.2) is 28.4 Å². The van der Waals surface area contributed by atoms with E-state index in [0.29, 0.717) is 13.0 Å². The van der Waals surface area contributed by atoms with Gasteiger partial charge in [-0.25, -0.2) is 4.98 Å². The summed E-state index contributed by atoms with van der Waals surface area (Å²) < 4.78 is 5.04. The van der Waals surface area contributed by atoms with Gasteiger partial charge in [0.05, 0.1) is 18.4 Å². The summed E-state index contributed by atoms with van der Waals surface area (Å²) in [6.07, 6.45) is 7.20. The molecule has 0 spiro atoms. The number of aromatic nitrogens is 1. The quantitative estimate of drug-likeness (QED) is 0.871. The highest BCUT2D eigenvalue weighted by atomic mass is 32.1. The molecule has 0 aromatic carbocycles. The average molecular weight is 347 g/mol. The number of hydrogen-bond donors (Lipinski definition) is 1. The third-order valence-electron chi connectivity index (χ3n) is 4.03. The molecule has 0 radical (unpaired) electrons. The molecule has 1 aliphatic heterocycles. The topological polar surface area (TPSA) is 75.4 Å². The average Bonchev–Trinajstić information content (AvgIpc) is 3.27. The van der Waals surface area contributed by atoms with Crippen LogP contribution in [0.4, 0.5) is 0 Å². The van der Waals surface area contributed by atoms with Gasteiger partial charge in [0.25, 0.3) is 0 Å². The van der Waals surface area contributed by atoms with Crippen LogP contribution in [0.5, 0.6) is 0 Å². The van der Waals surface area contributed by atoms with Crippen LogP contribution in [0, 0.1) is 0 Å². The molecule has 1 aliphatic rings. The number of piperidine rings is 1. The van der Waals surface area contributed by atoms with E-state index < -0.39 is 0 Å². The smallest absolute Gasteiger partial charge is 0.226 e. The first kappa shape index (κ1) is 16.7. The first-order valence-electron chi connectivity index (χ1n) is 8.24. The molecule has 1 N–H and O–H groups in total.